The van der Waals surface area contributed by atoms with Gasteiger partial charge in [0.25, 0.3) is 0 Å². The first kappa shape index (κ1) is 28.6. The van der Waals surface area contributed by atoms with E-state index >= 15 is 0 Å². The average Bonchev–Trinajstić information content (AvgIpc) is 3.77. The van der Waals surface area contributed by atoms with Gasteiger partial charge in [-0.05, 0) is 56.7 Å². The van der Waals surface area contributed by atoms with Crippen molar-refractivity contribution in [2.24, 2.45) is 17.3 Å². The van der Waals surface area contributed by atoms with Crippen LogP contribution in [0.3, 0.4) is 0 Å². The van der Waals surface area contributed by atoms with E-state index in [1.807, 2.05) is 32.0 Å². The molecule has 2 unspecified atom stereocenters. The summed E-state index contributed by atoms with van der Waals surface area (Å²) >= 11 is 1.62. The number of carbonyl (C=O) groups excluding carboxylic acids is 2. The Morgan fingerprint density at radius 1 is 1.18 bits per heavy atom. The summed E-state index contributed by atoms with van der Waals surface area (Å²) in [6.07, 6.45) is 0.189. The molecule has 2 N–H and O–H groups in total. The number of esters is 1. The number of ketones is 1. The van der Waals surface area contributed by atoms with Crippen molar-refractivity contribution < 1.29 is 34.0 Å². The number of Topliss-reactive ketones (excluding diaryl/α,β-unsaturated/α-hetero) is 1. The van der Waals surface area contributed by atoms with Crippen molar-refractivity contribution in [3.05, 3.63) is 28.8 Å². The number of aromatic nitrogens is 1. The first-order valence-corrected chi connectivity index (χ1v) is 15.0. The summed E-state index contributed by atoms with van der Waals surface area (Å²) in [5, 5.41) is 23.4. The third-order valence-electron chi connectivity index (χ3n) is 9.04. The number of thiazole rings is 1. The van der Waals surface area contributed by atoms with Crippen LogP contribution in [0.15, 0.2) is 18.2 Å². The number of cyclic esters (lactones) is 1. The molecule has 4 heterocycles. The van der Waals surface area contributed by atoms with E-state index in [0.29, 0.717) is 19.4 Å². The maximum absolute atomic E-state index is 13.8. The largest absolute Gasteiger partial charge is 0.457 e. The topological polar surface area (TPSA) is 122 Å². The van der Waals surface area contributed by atoms with Gasteiger partial charge >= 0.3 is 5.97 Å². The second-order valence-electron chi connectivity index (χ2n) is 12.6. The van der Waals surface area contributed by atoms with Gasteiger partial charge in [0.05, 0.1) is 63.7 Å². The number of aryl methyl sites for hydroxylation is 1. The molecule has 0 spiro atoms. The summed E-state index contributed by atoms with van der Waals surface area (Å²) in [5.41, 5.74) is 0.127. The van der Waals surface area contributed by atoms with Gasteiger partial charge in [0.15, 0.2) is 0 Å². The number of carbonyl (C=O) groups is 2. The lowest BCUT2D eigenvalue weighted by Gasteiger charge is -2.36. The number of benzene rings is 1. The number of fused-ring (bicyclic) bond motifs is 2. The van der Waals surface area contributed by atoms with Crippen molar-refractivity contribution in [3.8, 4) is 0 Å². The summed E-state index contributed by atoms with van der Waals surface area (Å²) in [7, 11) is 0. The summed E-state index contributed by atoms with van der Waals surface area (Å²) in [6, 6.07) is 5.93. The Bertz CT molecular complexity index is 1220. The Labute approximate surface area is 234 Å². The first-order chi connectivity index (χ1) is 18.4. The molecule has 1 aromatic carbocycles. The minimum absolute atomic E-state index is 0.0524. The number of ether oxygens (including phenoxy) is 3. The van der Waals surface area contributed by atoms with E-state index in [4.69, 9.17) is 14.2 Å². The van der Waals surface area contributed by atoms with Crippen LogP contribution in [0.1, 0.15) is 82.9 Å². The van der Waals surface area contributed by atoms with Crippen LogP contribution in [0.4, 0.5) is 0 Å². The molecule has 3 saturated heterocycles. The maximum atomic E-state index is 13.8. The predicted molar refractivity (Wildman–Crippen MR) is 147 cm³/mol. The molecule has 9 heteroatoms. The van der Waals surface area contributed by atoms with Crippen LogP contribution in [0.2, 0.25) is 0 Å². The molecule has 2 aromatic rings. The highest BCUT2D eigenvalue weighted by atomic mass is 32.1. The van der Waals surface area contributed by atoms with Crippen molar-refractivity contribution in [2.75, 3.05) is 6.61 Å². The zero-order valence-corrected chi connectivity index (χ0v) is 24.3. The van der Waals surface area contributed by atoms with Gasteiger partial charge in [-0.2, -0.15) is 0 Å². The quantitative estimate of drug-likeness (QED) is 0.411. The number of hydrogen-bond acceptors (Lipinski definition) is 9. The molecule has 3 aliphatic rings. The zero-order valence-electron chi connectivity index (χ0n) is 23.5. The van der Waals surface area contributed by atoms with E-state index in [1.165, 1.54) is 0 Å². The Morgan fingerprint density at radius 3 is 2.64 bits per heavy atom. The molecule has 39 heavy (non-hydrogen) atoms. The second-order valence-corrected chi connectivity index (χ2v) is 13.8. The SMILES string of the molecule is Cc1nc2cc(C3C[C@@H]4O[C@]4(C)CCC[C@H](C)[C@H](O)[C@@H](CC4CO4)C(=O)C(C)(C)[C@@H](O)CC(=O)O3)ccc2s1. The van der Waals surface area contributed by atoms with E-state index in [2.05, 4.69) is 11.9 Å². The standard InChI is InChI=1S/C30H41NO7S/c1-16-7-6-10-30(5)25(38-30)13-22(18-8-9-23-21(11-18)31-17(2)39-23)37-26(33)14-24(32)29(3,4)28(35)20(27(16)34)12-19-15-36-19/h8-9,11,16,19-20,22,24-25,27,32,34H,6-7,10,12-15H2,1-5H3/t16-,19?,20+,22?,24-,25-,27-,30+/m0/s1. The summed E-state index contributed by atoms with van der Waals surface area (Å²) in [5.74, 6) is -1.61. The Balaban J connectivity index is 1.41. The Kier molecular flexibility index (Phi) is 7.94. The molecule has 0 saturated carbocycles. The number of aliphatic hydroxyl groups excluding tert-OH is 2. The van der Waals surface area contributed by atoms with Crippen molar-refractivity contribution >= 4 is 33.3 Å². The van der Waals surface area contributed by atoms with Crippen molar-refractivity contribution in [1.29, 1.82) is 0 Å². The van der Waals surface area contributed by atoms with Crippen LogP contribution in [-0.2, 0) is 23.8 Å². The summed E-state index contributed by atoms with van der Waals surface area (Å²) in [6.45, 7) is 9.89. The molecule has 0 bridgehead atoms. The summed E-state index contributed by atoms with van der Waals surface area (Å²) in [4.78, 5) is 31.6. The lowest BCUT2D eigenvalue weighted by atomic mass is 9.71. The predicted octanol–water partition coefficient (Wildman–Crippen LogP) is 4.67. The number of epoxide rings is 2. The molecular formula is C30H41NO7S. The molecular weight excluding hydrogens is 518 g/mol. The number of nitrogens with zero attached hydrogens (tertiary/aromatic N) is 1. The van der Waals surface area contributed by atoms with E-state index < -0.39 is 35.6 Å². The lowest BCUT2D eigenvalue weighted by Crippen LogP contribution is -2.47. The molecule has 0 amide bonds. The lowest BCUT2D eigenvalue weighted by molar-refractivity contribution is -0.156. The van der Waals surface area contributed by atoms with Crippen molar-refractivity contribution in [1.82, 2.24) is 4.98 Å². The van der Waals surface area contributed by atoms with Crippen LogP contribution in [-0.4, -0.2) is 63.6 Å². The Morgan fingerprint density at radius 2 is 1.92 bits per heavy atom. The molecule has 0 radical (unpaired) electrons. The monoisotopic (exact) mass is 559 g/mol. The fraction of sp³-hybridized carbons (Fsp3) is 0.700. The van der Waals surface area contributed by atoms with Crippen LogP contribution < -0.4 is 0 Å². The molecule has 0 aliphatic carbocycles. The van der Waals surface area contributed by atoms with E-state index in [9.17, 15) is 19.8 Å². The van der Waals surface area contributed by atoms with E-state index in [1.54, 1.807) is 25.2 Å². The van der Waals surface area contributed by atoms with Gasteiger partial charge < -0.3 is 24.4 Å². The van der Waals surface area contributed by atoms with Gasteiger partial charge in [-0.3, -0.25) is 9.59 Å². The summed E-state index contributed by atoms with van der Waals surface area (Å²) < 4.78 is 18.6. The van der Waals surface area contributed by atoms with Gasteiger partial charge in [0, 0.05) is 12.3 Å². The molecule has 8 atom stereocenters. The van der Waals surface area contributed by atoms with E-state index in [-0.39, 0.29) is 35.9 Å². The normalized spacial score (nSPS) is 37.8. The number of aliphatic hydroxyl groups is 2. The maximum Gasteiger partial charge on any atom is 0.309 e. The second kappa shape index (κ2) is 10.8. The molecule has 214 valence electrons. The minimum atomic E-state index is -1.26. The van der Waals surface area contributed by atoms with Crippen LogP contribution in [0.25, 0.3) is 10.2 Å². The van der Waals surface area contributed by atoms with Crippen molar-refractivity contribution in [2.45, 2.75) is 109 Å². The van der Waals surface area contributed by atoms with Crippen LogP contribution >= 0.6 is 11.3 Å². The average molecular weight is 560 g/mol. The van der Waals surface area contributed by atoms with Crippen LogP contribution in [0.5, 0.6) is 0 Å². The zero-order chi connectivity index (χ0) is 28.1. The van der Waals surface area contributed by atoms with Crippen molar-refractivity contribution in [3.63, 3.8) is 0 Å². The van der Waals surface area contributed by atoms with Gasteiger partial charge in [0.2, 0.25) is 0 Å². The van der Waals surface area contributed by atoms with Gasteiger partial charge in [-0.25, -0.2) is 4.98 Å². The fourth-order valence-corrected chi connectivity index (χ4v) is 6.82. The minimum Gasteiger partial charge on any atom is -0.457 e. The number of hydrogen-bond donors (Lipinski definition) is 2. The molecule has 3 aliphatic heterocycles. The Hall–Kier alpha value is -1.91. The highest BCUT2D eigenvalue weighted by Crippen LogP contribution is 2.47. The van der Waals surface area contributed by atoms with Gasteiger partial charge in [0.1, 0.15) is 11.9 Å². The number of rotatable bonds is 3. The molecule has 8 nitrogen and oxygen atoms in total. The molecule has 3 fully saturated rings. The fourth-order valence-electron chi connectivity index (χ4n) is 6.01. The van der Waals surface area contributed by atoms with Gasteiger partial charge in [-0.15, -0.1) is 11.3 Å². The van der Waals surface area contributed by atoms with E-state index in [0.717, 1.165) is 40.1 Å². The molecule has 1 aromatic heterocycles. The molecule has 5 rings (SSSR count). The van der Waals surface area contributed by atoms with Gasteiger partial charge in [-0.1, -0.05) is 33.3 Å². The van der Waals surface area contributed by atoms with Crippen LogP contribution in [0, 0.1) is 24.2 Å². The smallest absolute Gasteiger partial charge is 0.309 e. The highest BCUT2D eigenvalue weighted by molar-refractivity contribution is 7.18. The third-order valence-corrected chi connectivity index (χ3v) is 9.99. The highest BCUT2D eigenvalue weighted by Gasteiger charge is 2.53. The third kappa shape index (κ3) is 6.22. The first-order valence-electron chi connectivity index (χ1n) is 14.1.